The van der Waals surface area contributed by atoms with Crippen molar-refractivity contribution in [3.8, 4) is 0 Å². The van der Waals surface area contributed by atoms with Gasteiger partial charge in [0.25, 0.3) is 0 Å². The van der Waals surface area contributed by atoms with Crippen LogP contribution in [-0.2, 0) is 0 Å². The van der Waals surface area contributed by atoms with Gasteiger partial charge in [0.2, 0.25) is 0 Å². The van der Waals surface area contributed by atoms with Gasteiger partial charge in [-0.05, 0) is 0 Å². The number of rotatable bonds is 0. The van der Waals surface area contributed by atoms with Crippen molar-refractivity contribution in [3.05, 3.63) is 29.6 Å². The highest BCUT2D eigenvalue weighted by atomic mass is 19.2. The van der Waals surface area contributed by atoms with Crippen molar-refractivity contribution >= 4 is 11.0 Å². The lowest BCUT2D eigenvalue weighted by atomic mass is 10.2. The molecule has 2 aromatic rings. The van der Waals surface area contributed by atoms with Gasteiger partial charge in [0, 0.05) is 0 Å². The molecule has 0 aliphatic rings. The predicted octanol–water partition coefficient (Wildman–Crippen LogP) is 2.12. The molecule has 0 atom stereocenters. The highest BCUT2D eigenvalue weighted by Gasteiger charge is 2.21. The maximum absolute atomic E-state index is 12.8. The van der Waals surface area contributed by atoms with Crippen LogP contribution in [0.2, 0.25) is 0 Å². The fourth-order valence-electron chi connectivity index (χ4n) is 1.03. The van der Waals surface area contributed by atoms with E-state index in [1.807, 2.05) is 0 Å². The Bertz CT molecular complexity index is 435. The van der Waals surface area contributed by atoms with Crippen molar-refractivity contribution in [2.45, 2.75) is 0 Å². The van der Waals surface area contributed by atoms with Gasteiger partial charge in [0.1, 0.15) is 11.0 Å². The Balaban J connectivity index is 3.02. The van der Waals surface area contributed by atoms with E-state index in [1.165, 1.54) is 0 Å². The molecule has 0 saturated carbocycles. The fourth-order valence-corrected chi connectivity index (χ4v) is 1.03. The minimum Gasteiger partial charge on any atom is -0.342 e. The van der Waals surface area contributed by atoms with Gasteiger partial charge in [-0.25, -0.2) is 22.5 Å². The summed E-state index contributed by atoms with van der Waals surface area (Å²) >= 11 is 0. The second-order valence-electron chi connectivity index (χ2n) is 2.38. The van der Waals surface area contributed by atoms with Crippen molar-refractivity contribution in [1.82, 2.24) is 9.97 Å². The summed E-state index contributed by atoms with van der Waals surface area (Å²) in [4.78, 5) is 5.47. The molecule has 1 N–H and O–H groups in total. The maximum atomic E-state index is 12.8. The Morgan fingerprint density at radius 3 is 2.23 bits per heavy atom. The van der Waals surface area contributed by atoms with E-state index in [9.17, 15) is 17.6 Å². The van der Waals surface area contributed by atoms with Crippen molar-refractivity contribution < 1.29 is 17.6 Å². The number of nitrogens with zero attached hydrogens (tertiary/aromatic N) is 1. The Labute approximate surface area is 69.2 Å². The SMILES string of the molecule is Fc1c(F)c(F)c2[nH]cnc2c1F. The lowest BCUT2D eigenvalue weighted by Crippen LogP contribution is -1.97. The average molecular weight is 190 g/mol. The molecule has 1 heterocycles. The van der Waals surface area contributed by atoms with E-state index in [0.29, 0.717) is 0 Å². The van der Waals surface area contributed by atoms with Crippen LogP contribution in [0, 0.1) is 23.3 Å². The number of H-pyrrole nitrogens is 1. The zero-order chi connectivity index (χ0) is 9.59. The third-order valence-electron chi connectivity index (χ3n) is 1.64. The van der Waals surface area contributed by atoms with Crippen molar-refractivity contribution in [2.24, 2.45) is 0 Å². The lowest BCUT2D eigenvalue weighted by molar-refractivity contribution is 0.417. The van der Waals surface area contributed by atoms with Gasteiger partial charge in [-0.15, -0.1) is 0 Å². The first kappa shape index (κ1) is 8.03. The zero-order valence-electron chi connectivity index (χ0n) is 6.04. The van der Waals surface area contributed by atoms with E-state index < -0.39 is 34.3 Å². The van der Waals surface area contributed by atoms with Crippen molar-refractivity contribution in [3.63, 3.8) is 0 Å². The Morgan fingerprint density at radius 1 is 0.923 bits per heavy atom. The van der Waals surface area contributed by atoms with Crippen LogP contribution in [0.1, 0.15) is 0 Å². The summed E-state index contributed by atoms with van der Waals surface area (Å²) in [5, 5.41) is 0. The molecule has 0 aliphatic carbocycles. The molecule has 0 unspecified atom stereocenters. The van der Waals surface area contributed by atoms with Crippen molar-refractivity contribution in [1.29, 1.82) is 0 Å². The van der Waals surface area contributed by atoms with E-state index in [1.54, 1.807) is 0 Å². The van der Waals surface area contributed by atoms with Crippen LogP contribution in [0.25, 0.3) is 11.0 Å². The van der Waals surface area contributed by atoms with Crippen LogP contribution >= 0.6 is 0 Å². The fraction of sp³-hybridized carbons (Fsp3) is 0. The van der Waals surface area contributed by atoms with E-state index in [4.69, 9.17) is 0 Å². The molecule has 0 bridgehead atoms. The number of aromatic amines is 1. The number of aromatic nitrogens is 2. The number of imidazole rings is 1. The minimum absolute atomic E-state index is 0.476. The summed E-state index contributed by atoms with van der Waals surface area (Å²) in [6, 6.07) is 0. The Hall–Kier alpha value is -1.59. The number of fused-ring (bicyclic) bond motifs is 1. The van der Waals surface area contributed by atoms with Gasteiger partial charge in [-0.1, -0.05) is 0 Å². The van der Waals surface area contributed by atoms with Crippen LogP contribution < -0.4 is 0 Å². The summed E-state index contributed by atoms with van der Waals surface area (Å²) < 4.78 is 50.7. The summed E-state index contributed by atoms with van der Waals surface area (Å²) in [5.74, 6) is -6.65. The average Bonchev–Trinajstić information content (AvgIpc) is 2.59. The third-order valence-corrected chi connectivity index (χ3v) is 1.64. The van der Waals surface area contributed by atoms with Crippen LogP contribution in [-0.4, -0.2) is 9.97 Å². The number of halogens is 4. The monoisotopic (exact) mass is 190 g/mol. The summed E-state index contributed by atoms with van der Waals surface area (Å²) in [6.07, 6.45) is 0.954. The van der Waals surface area contributed by atoms with Gasteiger partial charge in [-0.3, -0.25) is 0 Å². The highest BCUT2D eigenvalue weighted by Crippen LogP contribution is 2.23. The Kier molecular flexibility index (Phi) is 1.51. The van der Waals surface area contributed by atoms with Gasteiger partial charge in [0.05, 0.1) is 6.33 Å². The maximum Gasteiger partial charge on any atom is 0.199 e. The molecule has 13 heavy (non-hydrogen) atoms. The lowest BCUT2D eigenvalue weighted by Gasteiger charge is -1.97. The van der Waals surface area contributed by atoms with Crippen LogP contribution in [0.4, 0.5) is 17.6 Å². The zero-order valence-corrected chi connectivity index (χ0v) is 6.04. The molecule has 0 amide bonds. The smallest absolute Gasteiger partial charge is 0.199 e. The quantitative estimate of drug-likeness (QED) is 0.384. The van der Waals surface area contributed by atoms with E-state index in [0.717, 1.165) is 6.33 Å². The molecule has 0 saturated heterocycles. The molecule has 0 fully saturated rings. The molecule has 0 spiro atoms. The van der Waals surface area contributed by atoms with Gasteiger partial charge in [-0.2, -0.15) is 0 Å². The first-order valence-electron chi connectivity index (χ1n) is 3.28. The third kappa shape index (κ3) is 0.912. The molecular formula is C7H2F4N2. The first-order valence-corrected chi connectivity index (χ1v) is 3.28. The first-order chi connectivity index (χ1) is 6.13. The topological polar surface area (TPSA) is 28.7 Å². The molecule has 6 heteroatoms. The van der Waals surface area contributed by atoms with Gasteiger partial charge >= 0.3 is 0 Å². The van der Waals surface area contributed by atoms with Gasteiger partial charge in [0.15, 0.2) is 23.3 Å². The second kappa shape index (κ2) is 2.45. The largest absolute Gasteiger partial charge is 0.342 e. The highest BCUT2D eigenvalue weighted by molar-refractivity contribution is 5.76. The standard InChI is InChI=1S/C7H2F4N2/c8-2-3(9)5(11)7-6(4(2)10)12-1-13-7/h1H,(H,12,13). The van der Waals surface area contributed by atoms with Crippen LogP contribution in [0.15, 0.2) is 6.33 Å². The molecule has 1 aromatic carbocycles. The second-order valence-corrected chi connectivity index (χ2v) is 2.38. The molecule has 1 aromatic heterocycles. The number of benzene rings is 1. The summed E-state index contributed by atoms with van der Waals surface area (Å²) in [6.45, 7) is 0. The van der Waals surface area contributed by atoms with Gasteiger partial charge < -0.3 is 4.98 Å². The summed E-state index contributed by atoms with van der Waals surface area (Å²) in [7, 11) is 0. The number of nitrogens with one attached hydrogen (secondary N) is 1. The normalized spacial score (nSPS) is 11.1. The van der Waals surface area contributed by atoms with Crippen LogP contribution in [0.5, 0.6) is 0 Å². The molecule has 0 radical (unpaired) electrons. The molecule has 68 valence electrons. The minimum atomic E-state index is -1.85. The molecule has 0 aliphatic heterocycles. The van der Waals surface area contributed by atoms with E-state index in [2.05, 4.69) is 9.97 Å². The molecular weight excluding hydrogens is 188 g/mol. The van der Waals surface area contributed by atoms with Crippen molar-refractivity contribution in [2.75, 3.05) is 0 Å². The molecule has 2 rings (SSSR count). The summed E-state index contributed by atoms with van der Waals surface area (Å²) in [5.41, 5.74) is -1.02. The number of hydrogen-bond acceptors (Lipinski definition) is 1. The van der Waals surface area contributed by atoms with Crippen LogP contribution in [0.3, 0.4) is 0 Å². The van der Waals surface area contributed by atoms with E-state index >= 15 is 0 Å². The van der Waals surface area contributed by atoms with E-state index in [-0.39, 0.29) is 0 Å². The predicted molar refractivity (Wildman–Crippen MR) is 35.9 cm³/mol. The number of hydrogen-bond donors (Lipinski definition) is 1. The molecule has 2 nitrogen and oxygen atoms in total. The Morgan fingerprint density at radius 2 is 1.54 bits per heavy atom.